The number of para-hydroxylation sites is 1. The van der Waals surface area contributed by atoms with Crippen LogP contribution in [0.25, 0.3) is 0 Å². The van der Waals surface area contributed by atoms with Gasteiger partial charge in [-0.05, 0) is 23.8 Å². The number of nitrogens with zero attached hydrogens (tertiary/aromatic N) is 2. The number of nitro groups is 1. The minimum atomic E-state index is -0.617. The minimum absolute atomic E-state index is 0.127. The molecule has 2 rings (SSSR count). The second-order valence-corrected chi connectivity index (χ2v) is 5.52. The molecule has 0 bridgehead atoms. The highest BCUT2D eigenvalue weighted by molar-refractivity contribution is 5.84. The van der Waals surface area contributed by atoms with E-state index in [0.29, 0.717) is 17.1 Å². The first kappa shape index (κ1) is 20.4. The number of hydrogen-bond donors (Lipinski definition) is 2. The van der Waals surface area contributed by atoms with Crippen LogP contribution < -0.4 is 20.6 Å². The number of nitrogens with one attached hydrogen (secondary N) is 1. The Balaban J connectivity index is 1.99. The molecule has 2 aromatic rings. The van der Waals surface area contributed by atoms with Crippen LogP contribution in [0, 0.1) is 10.1 Å². The summed E-state index contributed by atoms with van der Waals surface area (Å²) in [6, 6.07) is 10.8. The maximum atomic E-state index is 12.0. The molecule has 0 fully saturated rings. The highest BCUT2D eigenvalue weighted by Crippen LogP contribution is 2.27. The summed E-state index contributed by atoms with van der Waals surface area (Å²) in [6.07, 6.45) is 1.19. The van der Waals surface area contributed by atoms with Gasteiger partial charge in [0.05, 0.1) is 24.7 Å². The monoisotopic (exact) mass is 386 g/mol. The van der Waals surface area contributed by atoms with E-state index in [4.69, 9.17) is 15.2 Å². The van der Waals surface area contributed by atoms with Crippen LogP contribution in [0.1, 0.15) is 11.1 Å². The number of amides is 2. The lowest BCUT2D eigenvalue weighted by Crippen LogP contribution is -2.20. The Morgan fingerprint density at radius 2 is 2.00 bits per heavy atom. The van der Waals surface area contributed by atoms with Crippen molar-refractivity contribution in [2.75, 3.05) is 13.7 Å². The second kappa shape index (κ2) is 9.67. The average Bonchev–Trinajstić information content (AvgIpc) is 2.66. The van der Waals surface area contributed by atoms with Crippen molar-refractivity contribution in [3.05, 3.63) is 63.7 Å². The van der Waals surface area contributed by atoms with E-state index in [2.05, 4.69) is 10.5 Å². The molecular formula is C18H18N4O6. The fourth-order valence-corrected chi connectivity index (χ4v) is 2.26. The normalized spacial score (nSPS) is 10.5. The molecule has 2 amide bonds. The molecule has 0 aromatic heterocycles. The van der Waals surface area contributed by atoms with Crippen molar-refractivity contribution < 1.29 is 24.0 Å². The summed E-state index contributed by atoms with van der Waals surface area (Å²) in [6.45, 7) is -0.286. The molecule has 3 N–H and O–H groups in total. The molecular weight excluding hydrogens is 368 g/mol. The van der Waals surface area contributed by atoms with Crippen molar-refractivity contribution in [2.24, 2.45) is 10.8 Å². The third-order valence-electron chi connectivity index (χ3n) is 3.50. The van der Waals surface area contributed by atoms with Gasteiger partial charge >= 0.3 is 0 Å². The van der Waals surface area contributed by atoms with Crippen LogP contribution in [0.5, 0.6) is 11.5 Å². The Hall–Kier alpha value is -3.95. The van der Waals surface area contributed by atoms with Crippen molar-refractivity contribution in [3.63, 3.8) is 0 Å². The van der Waals surface area contributed by atoms with Gasteiger partial charge in [0.2, 0.25) is 5.91 Å². The maximum Gasteiger partial charge on any atom is 0.273 e. The van der Waals surface area contributed by atoms with Crippen LogP contribution >= 0.6 is 0 Å². The van der Waals surface area contributed by atoms with Crippen molar-refractivity contribution in [1.82, 2.24) is 5.43 Å². The van der Waals surface area contributed by atoms with E-state index in [0.717, 1.165) is 0 Å². The van der Waals surface area contributed by atoms with Crippen LogP contribution in [0.2, 0.25) is 0 Å². The van der Waals surface area contributed by atoms with Gasteiger partial charge in [0, 0.05) is 11.6 Å². The fourth-order valence-electron chi connectivity index (χ4n) is 2.26. The molecule has 0 spiro atoms. The zero-order valence-corrected chi connectivity index (χ0v) is 15.0. The number of nitrogens with two attached hydrogens (primary N) is 1. The van der Waals surface area contributed by atoms with Gasteiger partial charge < -0.3 is 15.2 Å². The number of nitro benzene ring substituents is 1. The summed E-state index contributed by atoms with van der Waals surface area (Å²) in [5, 5.41) is 14.8. The number of carbonyl (C=O) groups excluding carboxylic acids is 2. The van der Waals surface area contributed by atoms with Crippen LogP contribution in [0.15, 0.2) is 47.6 Å². The van der Waals surface area contributed by atoms with Crippen LogP contribution in [0.3, 0.4) is 0 Å². The molecule has 0 radical (unpaired) electrons. The third-order valence-corrected chi connectivity index (χ3v) is 3.50. The Morgan fingerprint density at radius 1 is 1.25 bits per heavy atom. The summed E-state index contributed by atoms with van der Waals surface area (Å²) in [5.74, 6) is -0.428. The predicted octanol–water partition coefficient (Wildman–Crippen LogP) is 1.16. The molecule has 0 atom stereocenters. The number of methoxy groups -OCH3 is 1. The number of primary amides is 1. The standard InChI is InChI=1S/C18H18N4O6/c1-27-16-8-12(6-7-15(16)28-11-17(19)23)10-20-21-18(24)9-13-4-2-3-5-14(13)22(25)26/h2-8,10H,9,11H2,1H3,(H2,19,23)(H,21,24)/b20-10+. The van der Waals surface area contributed by atoms with Crippen molar-refractivity contribution in [1.29, 1.82) is 0 Å². The first-order chi connectivity index (χ1) is 13.4. The summed E-state index contributed by atoms with van der Waals surface area (Å²) in [5.41, 5.74) is 8.10. The fraction of sp³-hybridized carbons (Fsp3) is 0.167. The number of carbonyl (C=O) groups is 2. The average molecular weight is 386 g/mol. The SMILES string of the molecule is COc1cc(/C=N/NC(=O)Cc2ccccc2[N+](=O)[O-])ccc1OCC(N)=O. The van der Waals surface area contributed by atoms with E-state index in [9.17, 15) is 19.7 Å². The first-order valence-electron chi connectivity index (χ1n) is 8.04. The Morgan fingerprint density at radius 3 is 2.68 bits per heavy atom. The first-order valence-corrected chi connectivity index (χ1v) is 8.04. The number of hydrogen-bond acceptors (Lipinski definition) is 7. The van der Waals surface area contributed by atoms with Gasteiger partial charge in [-0.25, -0.2) is 5.43 Å². The molecule has 2 aromatic carbocycles. The van der Waals surface area contributed by atoms with Crippen LogP contribution in [0.4, 0.5) is 5.69 Å². The minimum Gasteiger partial charge on any atom is -0.493 e. The molecule has 146 valence electrons. The van der Waals surface area contributed by atoms with E-state index in [-0.39, 0.29) is 24.3 Å². The molecule has 28 heavy (non-hydrogen) atoms. The second-order valence-electron chi connectivity index (χ2n) is 5.52. The van der Waals surface area contributed by atoms with Crippen molar-refractivity contribution in [2.45, 2.75) is 6.42 Å². The topological polar surface area (TPSA) is 146 Å². The van der Waals surface area contributed by atoms with Gasteiger partial charge in [0.25, 0.3) is 11.6 Å². The highest BCUT2D eigenvalue weighted by atomic mass is 16.6. The molecule has 0 aliphatic rings. The third kappa shape index (κ3) is 5.80. The molecule has 0 unspecified atom stereocenters. The predicted molar refractivity (Wildman–Crippen MR) is 100 cm³/mol. The molecule has 0 aliphatic heterocycles. The lowest BCUT2D eigenvalue weighted by Gasteiger charge is -2.09. The van der Waals surface area contributed by atoms with E-state index < -0.39 is 16.7 Å². The van der Waals surface area contributed by atoms with Gasteiger partial charge in [-0.3, -0.25) is 19.7 Å². The van der Waals surface area contributed by atoms with Crippen LogP contribution in [-0.2, 0) is 16.0 Å². The zero-order valence-electron chi connectivity index (χ0n) is 15.0. The summed E-state index contributed by atoms with van der Waals surface area (Å²) >= 11 is 0. The summed E-state index contributed by atoms with van der Waals surface area (Å²) < 4.78 is 10.4. The van der Waals surface area contributed by atoms with E-state index >= 15 is 0 Å². The Labute approximate surface area is 160 Å². The smallest absolute Gasteiger partial charge is 0.273 e. The summed E-state index contributed by atoms with van der Waals surface area (Å²) in [7, 11) is 1.43. The molecule has 10 nitrogen and oxygen atoms in total. The van der Waals surface area contributed by atoms with Crippen molar-refractivity contribution >= 4 is 23.7 Å². The molecule has 0 heterocycles. The maximum absolute atomic E-state index is 12.0. The van der Waals surface area contributed by atoms with E-state index in [1.807, 2.05) is 0 Å². The zero-order chi connectivity index (χ0) is 20.5. The largest absolute Gasteiger partial charge is 0.493 e. The van der Waals surface area contributed by atoms with Gasteiger partial charge in [-0.1, -0.05) is 18.2 Å². The lowest BCUT2D eigenvalue weighted by molar-refractivity contribution is -0.385. The van der Waals surface area contributed by atoms with E-state index in [1.165, 1.54) is 31.5 Å². The number of rotatable bonds is 9. The molecule has 10 heteroatoms. The molecule has 0 saturated heterocycles. The number of benzene rings is 2. The number of ether oxygens (including phenoxy) is 2. The van der Waals surface area contributed by atoms with Crippen LogP contribution in [-0.4, -0.2) is 36.7 Å². The van der Waals surface area contributed by atoms with Gasteiger partial charge in [0.1, 0.15) is 0 Å². The summed E-state index contributed by atoms with van der Waals surface area (Å²) in [4.78, 5) is 33.2. The van der Waals surface area contributed by atoms with Gasteiger partial charge in [-0.15, -0.1) is 0 Å². The Bertz CT molecular complexity index is 913. The number of hydrazone groups is 1. The molecule has 0 saturated carbocycles. The lowest BCUT2D eigenvalue weighted by atomic mass is 10.1. The van der Waals surface area contributed by atoms with Crippen molar-refractivity contribution in [3.8, 4) is 11.5 Å². The van der Waals surface area contributed by atoms with Gasteiger partial charge in [-0.2, -0.15) is 5.10 Å². The highest BCUT2D eigenvalue weighted by Gasteiger charge is 2.15. The van der Waals surface area contributed by atoms with Gasteiger partial charge in [0.15, 0.2) is 18.1 Å². The van der Waals surface area contributed by atoms with E-state index in [1.54, 1.807) is 24.3 Å². The Kier molecular flexibility index (Phi) is 7.03. The quantitative estimate of drug-likeness (QED) is 0.376. The molecule has 0 aliphatic carbocycles.